The zero-order chi connectivity index (χ0) is 12.0. The van der Waals surface area contributed by atoms with Gasteiger partial charge in [-0.05, 0) is 36.1 Å². The van der Waals surface area contributed by atoms with Crippen LogP contribution in [-0.4, -0.2) is 0 Å². The van der Waals surface area contributed by atoms with Crippen molar-refractivity contribution in [2.45, 2.75) is 26.7 Å². The summed E-state index contributed by atoms with van der Waals surface area (Å²) in [5.41, 5.74) is 2.77. The molecule has 0 unspecified atom stereocenters. The van der Waals surface area contributed by atoms with Gasteiger partial charge in [-0.15, -0.1) is 11.3 Å². The lowest BCUT2D eigenvalue weighted by Gasteiger charge is -2.04. The van der Waals surface area contributed by atoms with Gasteiger partial charge in [-0.3, -0.25) is 0 Å². The molecule has 0 saturated carbocycles. The first-order chi connectivity index (χ1) is 8.15. The molecule has 17 heavy (non-hydrogen) atoms. The van der Waals surface area contributed by atoms with Gasteiger partial charge in [0.15, 0.2) is 0 Å². The molecule has 0 aliphatic carbocycles. The summed E-state index contributed by atoms with van der Waals surface area (Å²) in [6.07, 6.45) is 0. The number of aryl methyl sites for hydroxylation is 1. The monoisotopic (exact) mass is 240 g/mol. The fourth-order valence-electron chi connectivity index (χ4n) is 2.26. The van der Waals surface area contributed by atoms with Gasteiger partial charge in [-0.2, -0.15) is 0 Å². The normalized spacial score (nSPS) is 11.8. The zero-order valence-electron chi connectivity index (χ0n) is 10.4. The Bertz CT molecular complexity index is 689. The highest BCUT2D eigenvalue weighted by molar-refractivity contribution is 7.25. The van der Waals surface area contributed by atoms with Crippen LogP contribution in [0.15, 0.2) is 36.4 Å². The van der Waals surface area contributed by atoms with Gasteiger partial charge in [-0.1, -0.05) is 38.1 Å². The van der Waals surface area contributed by atoms with E-state index in [1.807, 2.05) is 11.3 Å². The SMILES string of the molecule is Cc1ccc2c(c1)sc1cc(C(C)C)ccc12. The predicted molar refractivity (Wildman–Crippen MR) is 78.2 cm³/mol. The second-order valence-electron chi connectivity index (χ2n) is 5.01. The van der Waals surface area contributed by atoms with Gasteiger partial charge in [0.05, 0.1) is 0 Å². The van der Waals surface area contributed by atoms with Crippen LogP contribution in [0.5, 0.6) is 0 Å². The van der Waals surface area contributed by atoms with E-state index in [0.29, 0.717) is 5.92 Å². The summed E-state index contributed by atoms with van der Waals surface area (Å²) in [6.45, 7) is 6.65. The highest BCUT2D eigenvalue weighted by Gasteiger charge is 2.07. The lowest BCUT2D eigenvalue weighted by molar-refractivity contribution is 0.869. The summed E-state index contributed by atoms with van der Waals surface area (Å²) in [6, 6.07) is 13.6. The Morgan fingerprint density at radius 2 is 1.53 bits per heavy atom. The molecule has 3 rings (SSSR count). The molecular weight excluding hydrogens is 224 g/mol. The van der Waals surface area contributed by atoms with Crippen LogP contribution < -0.4 is 0 Å². The summed E-state index contributed by atoms with van der Waals surface area (Å²) in [5.74, 6) is 0.603. The van der Waals surface area contributed by atoms with Crippen LogP contribution in [-0.2, 0) is 0 Å². The first kappa shape index (κ1) is 10.8. The number of rotatable bonds is 1. The molecular formula is C16H16S. The van der Waals surface area contributed by atoms with Gasteiger partial charge in [0.2, 0.25) is 0 Å². The third-order valence-corrected chi connectivity index (χ3v) is 4.43. The maximum Gasteiger partial charge on any atom is 0.0358 e. The quantitative estimate of drug-likeness (QED) is 0.528. The Labute approximate surface area is 106 Å². The predicted octanol–water partition coefficient (Wildman–Crippen LogP) is 5.49. The van der Waals surface area contributed by atoms with Crippen molar-refractivity contribution < 1.29 is 0 Å². The molecule has 86 valence electrons. The van der Waals surface area contributed by atoms with E-state index in [1.54, 1.807) is 0 Å². The van der Waals surface area contributed by atoms with Crippen LogP contribution >= 0.6 is 11.3 Å². The van der Waals surface area contributed by atoms with Crippen molar-refractivity contribution in [1.82, 2.24) is 0 Å². The standard InChI is InChI=1S/C16H16S/c1-10(2)12-5-7-14-13-6-4-11(3)8-15(13)17-16(14)9-12/h4-10H,1-3H3. The Morgan fingerprint density at radius 3 is 2.24 bits per heavy atom. The van der Waals surface area contributed by atoms with E-state index in [9.17, 15) is 0 Å². The average Bonchev–Trinajstić information content (AvgIpc) is 2.64. The summed E-state index contributed by atoms with van der Waals surface area (Å²) < 4.78 is 2.82. The summed E-state index contributed by atoms with van der Waals surface area (Å²) in [7, 11) is 0. The van der Waals surface area contributed by atoms with E-state index in [1.165, 1.54) is 31.3 Å². The molecule has 0 spiro atoms. The second-order valence-corrected chi connectivity index (χ2v) is 6.10. The number of thiophene rings is 1. The molecule has 0 saturated heterocycles. The topological polar surface area (TPSA) is 0 Å². The summed E-state index contributed by atoms with van der Waals surface area (Å²) >= 11 is 1.91. The third kappa shape index (κ3) is 1.75. The lowest BCUT2D eigenvalue weighted by atomic mass is 10.0. The molecule has 3 aromatic rings. The van der Waals surface area contributed by atoms with E-state index < -0.39 is 0 Å². The zero-order valence-corrected chi connectivity index (χ0v) is 11.3. The highest BCUT2D eigenvalue weighted by Crippen LogP contribution is 2.35. The van der Waals surface area contributed by atoms with Crippen molar-refractivity contribution in [2.24, 2.45) is 0 Å². The maximum absolute atomic E-state index is 2.35. The number of hydrogen-bond acceptors (Lipinski definition) is 1. The molecule has 1 heteroatoms. The van der Waals surface area contributed by atoms with Crippen LogP contribution in [0.1, 0.15) is 30.9 Å². The molecule has 0 fully saturated rings. The maximum atomic E-state index is 2.35. The van der Waals surface area contributed by atoms with Crippen molar-refractivity contribution in [2.75, 3.05) is 0 Å². The van der Waals surface area contributed by atoms with Gasteiger partial charge < -0.3 is 0 Å². The van der Waals surface area contributed by atoms with Gasteiger partial charge in [0, 0.05) is 20.2 Å². The molecule has 0 aliphatic heterocycles. The summed E-state index contributed by atoms with van der Waals surface area (Å²) in [5, 5.41) is 2.79. The fraction of sp³-hybridized carbons (Fsp3) is 0.250. The molecule has 0 atom stereocenters. The van der Waals surface area contributed by atoms with Crippen LogP contribution in [0.4, 0.5) is 0 Å². The second kappa shape index (κ2) is 3.85. The molecule has 0 amide bonds. The first-order valence-corrected chi connectivity index (χ1v) is 6.89. The number of fused-ring (bicyclic) bond motifs is 3. The molecule has 0 N–H and O–H groups in total. The highest BCUT2D eigenvalue weighted by atomic mass is 32.1. The minimum atomic E-state index is 0.603. The molecule has 0 nitrogen and oxygen atoms in total. The summed E-state index contributed by atoms with van der Waals surface area (Å²) in [4.78, 5) is 0. The van der Waals surface area contributed by atoms with Crippen molar-refractivity contribution in [1.29, 1.82) is 0 Å². The van der Waals surface area contributed by atoms with Crippen LogP contribution in [0, 0.1) is 6.92 Å². The van der Waals surface area contributed by atoms with Crippen molar-refractivity contribution >= 4 is 31.5 Å². The smallest absolute Gasteiger partial charge is 0.0358 e. The molecule has 0 radical (unpaired) electrons. The van der Waals surface area contributed by atoms with E-state index in [4.69, 9.17) is 0 Å². The molecule has 2 aromatic carbocycles. The van der Waals surface area contributed by atoms with Crippen molar-refractivity contribution in [3.63, 3.8) is 0 Å². The van der Waals surface area contributed by atoms with E-state index in [-0.39, 0.29) is 0 Å². The van der Waals surface area contributed by atoms with Crippen molar-refractivity contribution in [3.05, 3.63) is 47.5 Å². The fourth-order valence-corrected chi connectivity index (χ4v) is 3.51. The van der Waals surface area contributed by atoms with E-state index in [0.717, 1.165) is 0 Å². The largest absolute Gasteiger partial charge is 0.135 e. The molecule has 0 bridgehead atoms. The molecule has 0 aliphatic rings. The Balaban J connectivity index is 2.35. The Morgan fingerprint density at radius 1 is 0.882 bits per heavy atom. The third-order valence-electron chi connectivity index (χ3n) is 3.32. The Kier molecular flexibility index (Phi) is 2.44. The van der Waals surface area contributed by atoms with E-state index >= 15 is 0 Å². The molecule has 1 heterocycles. The Hall–Kier alpha value is -1.34. The first-order valence-electron chi connectivity index (χ1n) is 6.08. The molecule has 1 aromatic heterocycles. The minimum absolute atomic E-state index is 0.603. The number of benzene rings is 2. The van der Waals surface area contributed by atoms with Crippen LogP contribution in [0.2, 0.25) is 0 Å². The minimum Gasteiger partial charge on any atom is -0.135 e. The van der Waals surface area contributed by atoms with Crippen LogP contribution in [0.25, 0.3) is 20.2 Å². The van der Waals surface area contributed by atoms with Gasteiger partial charge in [0.25, 0.3) is 0 Å². The van der Waals surface area contributed by atoms with Crippen LogP contribution in [0.3, 0.4) is 0 Å². The van der Waals surface area contributed by atoms with Gasteiger partial charge >= 0.3 is 0 Å². The van der Waals surface area contributed by atoms with Crippen molar-refractivity contribution in [3.8, 4) is 0 Å². The average molecular weight is 240 g/mol. The van der Waals surface area contributed by atoms with E-state index in [2.05, 4.69) is 57.2 Å². The lowest BCUT2D eigenvalue weighted by Crippen LogP contribution is -1.84. The van der Waals surface area contributed by atoms with Gasteiger partial charge in [0.1, 0.15) is 0 Å². The number of hydrogen-bond donors (Lipinski definition) is 0. The van der Waals surface area contributed by atoms with Gasteiger partial charge in [-0.25, -0.2) is 0 Å².